The Balaban J connectivity index is 1.82. The smallest absolute Gasteiger partial charge is 0.359 e. The number of amides is 2. The minimum absolute atomic E-state index is 0.161. The molecular formula is C15H10ClN3O4. The van der Waals surface area contributed by atoms with Crippen molar-refractivity contribution in [3.8, 4) is 0 Å². The number of nitrogens with one attached hydrogen (secondary N) is 1. The lowest BCUT2D eigenvalue weighted by atomic mass is 10.3. The van der Waals surface area contributed by atoms with Crippen LogP contribution in [0.1, 0.15) is 0 Å². The first-order valence-corrected chi connectivity index (χ1v) is 6.85. The minimum Gasteiger partial charge on any atom is -0.443 e. The Labute approximate surface area is 135 Å². The Morgan fingerprint density at radius 2 is 2.04 bits per heavy atom. The molecule has 0 spiro atoms. The highest BCUT2D eigenvalue weighted by molar-refractivity contribution is 6.30. The molecule has 0 aliphatic heterocycles. The number of hydrogen-bond donors (Lipinski definition) is 1. The molecule has 0 aliphatic rings. The van der Waals surface area contributed by atoms with E-state index < -0.39 is 6.03 Å². The summed E-state index contributed by atoms with van der Waals surface area (Å²) in [4.78, 5) is 31.7. The van der Waals surface area contributed by atoms with Gasteiger partial charge in [0, 0.05) is 16.8 Å². The average Bonchev–Trinajstić information content (AvgIpc) is 3.01. The molecule has 1 N–H and O–H groups in total. The molecule has 2 amide bonds. The molecule has 23 heavy (non-hydrogen) atoms. The van der Waals surface area contributed by atoms with E-state index >= 15 is 0 Å². The van der Waals surface area contributed by atoms with Crippen LogP contribution in [0, 0.1) is 0 Å². The fourth-order valence-electron chi connectivity index (χ4n) is 1.95. The third-order valence-electron chi connectivity index (χ3n) is 2.98. The summed E-state index contributed by atoms with van der Waals surface area (Å²) in [5.41, 5.74) is 2.01. The molecule has 8 heteroatoms. The van der Waals surface area contributed by atoms with Crippen molar-refractivity contribution in [1.82, 2.24) is 4.98 Å². The van der Waals surface area contributed by atoms with Crippen molar-refractivity contribution >= 4 is 46.6 Å². The van der Waals surface area contributed by atoms with Gasteiger partial charge in [0.25, 0.3) is 0 Å². The van der Waals surface area contributed by atoms with Crippen LogP contribution >= 0.6 is 11.6 Å². The maximum Gasteiger partial charge on any atom is 0.359 e. The van der Waals surface area contributed by atoms with Crippen LogP contribution in [0.25, 0.3) is 11.1 Å². The van der Waals surface area contributed by atoms with Crippen LogP contribution < -0.4 is 10.4 Å². The van der Waals surface area contributed by atoms with Gasteiger partial charge in [-0.15, -0.1) is 5.06 Å². The maximum atomic E-state index is 12.3. The number of halogens is 1. The second-order valence-electron chi connectivity index (χ2n) is 4.44. The number of anilines is 2. The highest BCUT2D eigenvalue weighted by Gasteiger charge is 2.18. The highest BCUT2D eigenvalue weighted by atomic mass is 35.5. The minimum atomic E-state index is -0.654. The number of nitrogens with zero attached hydrogens (tertiary/aromatic N) is 2. The summed E-state index contributed by atoms with van der Waals surface area (Å²) in [5, 5.41) is 3.91. The van der Waals surface area contributed by atoms with Crippen molar-refractivity contribution in [2.75, 3.05) is 10.4 Å². The van der Waals surface area contributed by atoms with Crippen LogP contribution in [0.5, 0.6) is 0 Å². The fraction of sp³-hybridized carbons (Fsp3) is 0. The number of carbonyl (C=O) groups is 2. The van der Waals surface area contributed by atoms with E-state index in [0.717, 1.165) is 5.06 Å². The van der Waals surface area contributed by atoms with Crippen LogP contribution in [0.4, 0.5) is 16.2 Å². The van der Waals surface area contributed by atoms with Gasteiger partial charge in [-0.1, -0.05) is 11.6 Å². The maximum absolute atomic E-state index is 12.3. The molecular weight excluding hydrogens is 322 g/mol. The molecule has 1 aromatic heterocycles. The summed E-state index contributed by atoms with van der Waals surface area (Å²) in [6.07, 6.45) is 1.31. The first-order valence-electron chi connectivity index (χ1n) is 6.48. The van der Waals surface area contributed by atoms with Gasteiger partial charge in [0.1, 0.15) is 5.52 Å². The Bertz CT molecular complexity index is 847. The molecule has 3 aromatic rings. The molecule has 0 unspecified atom stereocenters. The number of benzene rings is 2. The predicted molar refractivity (Wildman–Crippen MR) is 84.1 cm³/mol. The second-order valence-corrected chi connectivity index (χ2v) is 4.87. The summed E-state index contributed by atoms with van der Waals surface area (Å²) in [5.74, 6) is 0. The SMILES string of the molecule is O=CON(C(=O)Nc1ccc2ncoc2c1)c1ccc(Cl)cc1. The van der Waals surface area contributed by atoms with Crippen LogP contribution in [-0.2, 0) is 9.63 Å². The van der Waals surface area contributed by atoms with E-state index in [0.29, 0.717) is 27.5 Å². The standard InChI is InChI=1S/C15H10ClN3O4/c16-10-1-4-12(5-2-10)19(23-9-20)15(21)18-11-3-6-13-14(7-11)22-8-17-13/h1-9H,(H,18,21). The zero-order valence-electron chi connectivity index (χ0n) is 11.6. The normalized spacial score (nSPS) is 10.3. The topological polar surface area (TPSA) is 84.7 Å². The monoisotopic (exact) mass is 331 g/mol. The lowest BCUT2D eigenvalue weighted by Gasteiger charge is -2.19. The van der Waals surface area contributed by atoms with E-state index in [1.807, 2.05) is 0 Å². The summed E-state index contributed by atoms with van der Waals surface area (Å²) in [7, 11) is 0. The zero-order valence-corrected chi connectivity index (χ0v) is 12.4. The van der Waals surface area contributed by atoms with Gasteiger partial charge < -0.3 is 14.6 Å². The molecule has 0 radical (unpaired) electrons. The summed E-state index contributed by atoms with van der Waals surface area (Å²) in [6, 6.07) is 10.6. The van der Waals surface area contributed by atoms with Gasteiger partial charge in [-0.3, -0.25) is 4.79 Å². The van der Waals surface area contributed by atoms with E-state index in [1.165, 1.54) is 6.39 Å². The Morgan fingerprint density at radius 1 is 1.26 bits per heavy atom. The second kappa shape index (κ2) is 6.37. The molecule has 0 fully saturated rings. The van der Waals surface area contributed by atoms with Gasteiger partial charge in [0.2, 0.25) is 0 Å². The quantitative estimate of drug-likeness (QED) is 0.583. The first kappa shape index (κ1) is 14.9. The summed E-state index contributed by atoms with van der Waals surface area (Å²) >= 11 is 5.80. The van der Waals surface area contributed by atoms with Crippen LogP contribution in [-0.4, -0.2) is 17.5 Å². The number of hydrogen-bond acceptors (Lipinski definition) is 5. The largest absolute Gasteiger partial charge is 0.443 e. The third kappa shape index (κ3) is 3.24. The Hall–Kier alpha value is -3.06. The van der Waals surface area contributed by atoms with Crippen LogP contribution in [0.15, 0.2) is 53.3 Å². The van der Waals surface area contributed by atoms with Crippen LogP contribution in [0.3, 0.4) is 0 Å². The Kier molecular flexibility index (Phi) is 4.11. The van der Waals surface area contributed by atoms with Crippen molar-refractivity contribution in [3.63, 3.8) is 0 Å². The van der Waals surface area contributed by atoms with Gasteiger partial charge in [-0.2, -0.15) is 0 Å². The number of oxazole rings is 1. The number of hydroxylamine groups is 1. The molecule has 0 bridgehead atoms. The summed E-state index contributed by atoms with van der Waals surface area (Å²) < 4.78 is 5.17. The van der Waals surface area contributed by atoms with Crippen LogP contribution in [0.2, 0.25) is 5.02 Å². The number of urea groups is 1. The fourth-order valence-corrected chi connectivity index (χ4v) is 2.08. The zero-order chi connectivity index (χ0) is 16.2. The number of aromatic nitrogens is 1. The number of carbonyl (C=O) groups excluding carboxylic acids is 2. The van der Waals surface area contributed by atoms with E-state index in [9.17, 15) is 9.59 Å². The van der Waals surface area contributed by atoms with Gasteiger partial charge in [0.05, 0.1) is 5.69 Å². The first-order chi connectivity index (χ1) is 11.2. The number of fused-ring (bicyclic) bond motifs is 1. The van der Waals surface area contributed by atoms with Gasteiger partial charge >= 0.3 is 12.5 Å². The lowest BCUT2D eigenvalue weighted by molar-refractivity contribution is -0.128. The molecule has 0 atom stereocenters. The van der Waals surface area contributed by atoms with E-state index in [1.54, 1.807) is 42.5 Å². The Morgan fingerprint density at radius 3 is 2.78 bits per heavy atom. The van der Waals surface area contributed by atoms with Crippen molar-refractivity contribution in [3.05, 3.63) is 53.9 Å². The van der Waals surface area contributed by atoms with Crippen molar-refractivity contribution in [2.24, 2.45) is 0 Å². The molecule has 7 nitrogen and oxygen atoms in total. The third-order valence-corrected chi connectivity index (χ3v) is 3.23. The highest BCUT2D eigenvalue weighted by Crippen LogP contribution is 2.21. The summed E-state index contributed by atoms with van der Waals surface area (Å²) in [6.45, 7) is 0.161. The van der Waals surface area contributed by atoms with Gasteiger partial charge in [0.15, 0.2) is 12.0 Å². The molecule has 1 heterocycles. The predicted octanol–water partition coefficient (Wildman–Crippen LogP) is 3.61. The molecule has 0 saturated heterocycles. The molecule has 0 aliphatic carbocycles. The average molecular weight is 332 g/mol. The van der Waals surface area contributed by atoms with Gasteiger partial charge in [-0.25, -0.2) is 9.78 Å². The van der Waals surface area contributed by atoms with E-state index in [4.69, 9.17) is 20.9 Å². The molecule has 116 valence electrons. The van der Waals surface area contributed by atoms with Crippen molar-refractivity contribution < 1.29 is 18.8 Å². The molecule has 2 aromatic carbocycles. The van der Waals surface area contributed by atoms with Gasteiger partial charge in [-0.05, 0) is 36.4 Å². The van der Waals surface area contributed by atoms with Crippen molar-refractivity contribution in [1.29, 1.82) is 0 Å². The van der Waals surface area contributed by atoms with Crippen molar-refractivity contribution in [2.45, 2.75) is 0 Å². The van der Waals surface area contributed by atoms with E-state index in [-0.39, 0.29) is 6.47 Å². The number of rotatable bonds is 4. The molecule has 3 rings (SSSR count). The van der Waals surface area contributed by atoms with E-state index in [2.05, 4.69) is 10.3 Å². The molecule has 0 saturated carbocycles. The lowest BCUT2D eigenvalue weighted by Crippen LogP contribution is -2.34.